The number of nitrogens with two attached hydrogens (primary N) is 6. The molecule has 0 fully saturated rings. The van der Waals surface area contributed by atoms with E-state index in [4.69, 9.17) is 34.4 Å². The Morgan fingerprint density at radius 2 is 0.889 bits per heavy atom. The van der Waals surface area contributed by atoms with Gasteiger partial charge in [-0.05, 0) is 0 Å². The third kappa shape index (κ3) is 8.05. The van der Waals surface area contributed by atoms with Gasteiger partial charge in [-0.3, -0.25) is 15.0 Å². The fraction of sp³-hybridized carbons (Fsp3) is 0. The van der Waals surface area contributed by atoms with Gasteiger partial charge >= 0.3 is 17.1 Å². The van der Waals surface area contributed by atoms with Crippen LogP contribution < -0.4 is 51.5 Å². The van der Waals surface area contributed by atoms with Gasteiger partial charge in [-0.2, -0.15) is 29.9 Å². The molecule has 0 aromatic carbocycles. The first kappa shape index (κ1) is 20.3. The van der Waals surface area contributed by atoms with Crippen LogP contribution >= 0.6 is 0 Å². The van der Waals surface area contributed by atoms with E-state index in [1.807, 2.05) is 4.98 Å². The number of H-pyrrole nitrogens is 3. The molecule has 18 heteroatoms. The highest BCUT2D eigenvalue weighted by atomic mass is 16.2. The van der Waals surface area contributed by atoms with E-state index in [0.29, 0.717) is 0 Å². The molecular formula is C9H15N15O3. The van der Waals surface area contributed by atoms with Crippen LogP contribution in [-0.4, -0.2) is 44.9 Å². The van der Waals surface area contributed by atoms with E-state index in [9.17, 15) is 14.4 Å². The molecule has 0 atom stereocenters. The van der Waals surface area contributed by atoms with E-state index in [2.05, 4.69) is 39.9 Å². The molecule has 0 saturated heterocycles. The molecule has 15 N–H and O–H groups in total. The maximum absolute atomic E-state index is 10.3. The van der Waals surface area contributed by atoms with Gasteiger partial charge in [0.15, 0.2) is 0 Å². The van der Waals surface area contributed by atoms with Gasteiger partial charge in [0.25, 0.3) is 0 Å². The summed E-state index contributed by atoms with van der Waals surface area (Å²) in [6.07, 6.45) is 0. The first-order valence-corrected chi connectivity index (χ1v) is 6.53. The van der Waals surface area contributed by atoms with Crippen molar-refractivity contribution in [3.8, 4) is 0 Å². The Hall–Kier alpha value is -4.77. The maximum Gasteiger partial charge on any atom is 0.352 e. The topological polar surface area (TPSA) is 332 Å². The molecular weight excluding hydrogens is 366 g/mol. The second-order valence-corrected chi connectivity index (χ2v) is 4.19. The summed E-state index contributed by atoms with van der Waals surface area (Å²) >= 11 is 0. The van der Waals surface area contributed by atoms with Crippen molar-refractivity contribution < 1.29 is 0 Å². The van der Waals surface area contributed by atoms with E-state index >= 15 is 0 Å². The summed E-state index contributed by atoms with van der Waals surface area (Å²) in [5.41, 5.74) is 28.5. The lowest BCUT2D eigenvalue weighted by Gasteiger charge is -1.93. The summed E-state index contributed by atoms with van der Waals surface area (Å²) in [7, 11) is 0. The highest BCUT2D eigenvalue weighted by Crippen LogP contribution is 1.97. The van der Waals surface area contributed by atoms with E-state index in [0.717, 1.165) is 0 Å². The van der Waals surface area contributed by atoms with Crippen LogP contribution in [-0.2, 0) is 0 Å². The Labute approximate surface area is 147 Å². The molecule has 0 aliphatic carbocycles. The van der Waals surface area contributed by atoms with Gasteiger partial charge < -0.3 is 34.4 Å². The SMILES string of the molecule is Nc1nc(=O)[nH]c(=O)[nH]1.Nc1nc(N)[nH]c(=O)n1.Nc1nc(N)nc(N)n1. The molecule has 0 aliphatic heterocycles. The zero-order valence-corrected chi connectivity index (χ0v) is 13.4. The van der Waals surface area contributed by atoms with Crippen LogP contribution in [0.1, 0.15) is 0 Å². The van der Waals surface area contributed by atoms with E-state index in [1.165, 1.54) is 0 Å². The lowest BCUT2D eigenvalue weighted by molar-refractivity contribution is 0.947. The Kier molecular flexibility index (Phi) is 6.69. The molecule has 0 radical (unpaired) electrons. The summed E-state index contributed by atoms with van der Waals surface area (Å²) in [6, 6.07) is 0. The van der Waals surface area contributed by atoms with Crippen molar-refractivity contribution in [1.82, 2.24) is 44.9 Å². The van der Waals surface area contributed by atoms with Gasteiger partial charge in [0.1, 0.15) is 0 Å². The standard InChI is InChI=1S/C3H6N6.C3H5N5O.C3H4N4O2/c4-1-7-2(5)9-3(6)8-1;4-1-6-2(5)8-3(9)7-1;4-1-5-2(8)7-3(9)6-1/h(H6,4,5,6,7,8,9);(H5,4,5,6,7,8,9);(H4,4,5,6,7,8,9). The molecule has 3 rings (SSSR count). The number of hydrogen-bond donors (Lipinski definition) is 9. The zero-order chi connectivity index (χ0) is 20.6. The summed E-state index contributed by atoms with van der Waals surface area (Å²) in [5, 5.41) is 0. The van der Waals surface area contributed by atoms with Gasteiger partial charge in [0, 0.05) is 0 Å². The predicted molar refractivity (Wildman–Crippen MR) is 94.4 cm³/mol. The van der Waals surface area contributed by atoms with Crippen LogP contribution in [0.5, 0.6) is 0 Å². The lowest BCUT2D eigenvalue weighted by atomic mass is 10.9. The molecule has 0 unspecified atom stereocenters. The van der Waals surface area contributed by atoms with Crippen molar-refractivity contribution >= 4 is 35.7 Å². The first-order valence-electron chi connectivity index (χ1n) is 6.53. The number of anilines is 6. The summed E-state index contributed by atoms with van der Waals surface area (Å²) < 4.78 is 0. The van der Waals surface area contributed by atoms with E-state index < -0.39 is 17.1 Å². The number of rotatable bonds is 0. The Morgan fingerprint density at radius 3 is 1.26 bits per heavy atom. The number of aromatic amines is 3. The third-order valence-corrected chi connectivity index (χ3v) is 2.06. The largest absolute Gasteiger partial charge is 0.369 e. The number of hydrogen-bond acceptors (Lipinski definition) is 15. The molecule has 0 aliphatic rings. The summed E-state index contributed by atoms with van der Waals surface area (Å²) in [4.78, 5) is 57.2. The molecule has 144 valence electrons. The molecule has 27 heavy (non-hydrogen) atoms. The van der Waals surface area contributed by atoms with Gasteiger partial charge in [-0.1, -0.05) is 0 Å². The van der Waals surface area contributed by atoms with Crippen LogP contribution in [0.2, 0.25) is 0 Å². The molecule has 3 aromatic rings. The molecule has 0 spiro atoms. The van der Waals surface area contributed by atoms with Crippen molar-refractivity contribution in [3.05, 3.63) is 31.5 Å². The van der Waals surface area contributed by atoms with Crippen LogP contribution in [0.4, 0.5) is 35.7 Å². The highest BCUT2D eigenvalue weighted by Gasteiger charge is 1.94. The average Bonchev–Trinajstić information content (AvgIpc) is 2.43. The fourth-order valence-corrected chi connectivity index (χ4v) is 1.25. The second kappa shape index (κ2) is 8.91. The Balaban J connectivity index is 0.000000202. The van der Waals surface area contributed by atoms with Crippen molar-refractivity contribution in [1.29, 1.82) is 0 Å². The monoisotopic (exact) mass is 381 g/mol. The van der Waals surface area contributed by atoms with Crippen molar-refractivity contribution in [2.45, 2.75) is 0 Å². The van der Waals surface area contributed by atoms with E-state index in [1.54, 1.807) is 0 Å². The van der Waals surface area contributed by atoms with Crippen molar-refractivity contribution in [2.24, 2.45) is 0 Å². The summed E-state index contributed by atoms with van der Waals surface area (Å²) in [6.45, 7) is 0. The molecule has 18 nitrogen and oxygen atoms in total. The normalized spacial score (nSPS) is 9.33. The van der Waals surface area contributed by atoms with Crippen molar-refractivity contribution in [3.63, 3.8) is 0 Å². The van der Waals surface area contributed by atoms with Gasteiger partial charge in [0.05, 0.1) is 0 Å². The van der Waals surface area contributed by atoms with Gasteiger partial charge in [0.2, 0.25) is 35.7 Å². The highest BCUT2D eigenvalue weighted by molar-refractivity contribution is 5.33. The minimum atomic E-state index is -0.740. The quantitative estimate of drug-likeness (QED) is 0.176. The average molecular weight is 381 g/mol. The first-order chi connectivity index (χ1) is 12.5. The van der Waals surface area contributed by atoms with Crippen molar-refractivity contribution in [2.75, 3.05) is 34.4 Å². The van der Waals surface area contributed by atoms with E-state index in [-0.39, 0.29) is 35.7 Å². The summed E-state index contributed by atoms with van der Waals surface area (Å²) in [5.74, 6) is -0.187. The zero-order valence-electron chi connectivity index (χ0n) is 13.4. The number of nitrogens with zero attached hydrogens (tertiary/aromatic N) is 6. The number of nitrogens with one attached hydrogen (secondary N) is 3. The molecule has 0 saturated carbocycles. The lowest BCUT2D eigenvalue weighted by Crippen LogP contribution is -2.25. The van der Waals surface area contributed by atoms with Gasteiger partial charge in [-0.25, -0.2) is 14.4 Å². The molecule has 3 heterocycles. The Bertz CT molecular complexity index is 967. The number of nitrogen functional groups attached to an aromatic ring is 6. The second-order valence-electron chi connectivity index (χ2n) is 4.19. The van der Waals surface area contributed by atoms with Crippen LogP contribution in [0.3, 0.4) is 0 Å². The van der Waals surface area contributed by atoms with Crippen LogP contribution in [0.25, 0.3) is 0 Å². The van der Waals surface area contributed by atoms with Crippen LogP contribution in [0, 0.1) is 0 Å². The minimum Gasteiger partial charge on any atom is -0.369 e. The molecule has 0 bridgehead atoms. The smallest absolute Gasteiger partial charge is 0.352 e. The van der Waals surface area contributed by atoms with Gasteiger partial charge in [-0.15, -0.1) is 0 Å². The van der Waals surface area contributed by atoms with Crippen LogP contribution in [0.15, 0.2) is 14.4 Å². The minimum absolute atomic E-state index is 0.0208. The molecule has 3 aromatic heterocycles. The third-order valence-electron chi connectivity index (χ3n) is 2.06. The Morgan fingerprint density at radius 1 is 0.481 bits per heavy atom. The predicted octanol–water partition coefficient (Wildman–Crippen LogP) is -5.01. The maximum atomic E-state index is 10.3. The number of aromatic nitrogens is 9. The fourth-order valence-electron chi connectivity index (χ4n) is 1.25. The molecule has 0 amide bonds.